The van der Waals surface area contributed by atoms with Crippen molar-refractivity contribution in [1.29, 1.82) is 0 Å². The number of fused-ring (bicyclic) bond motifs is 1. The lowest BCUT2D eigenvalue weighted by Crippen LogP contribution is -2.33. The molecule has 1 atom stereocenters. The molecule has 5 rings (SSSR count). The lowest BCUT2D eigenvalue weighted by atomic mass is 9.95. The zero-order chi connectivity index (χ0) is 24.5. The number of Topliss-reactive ketones (excluding diaryl/α,β-unsaturated/α-hetero) is 1. The van der Waals surface area contributed by atoms with Crippen LogP contribution in [0.2, 0.25) is 0 Å². The molecule has 1 unspecified atom stereocenters. The van der Waals surface area contributed by atoms with E-state index in [0.29, 0.717) is 28.7 Å². The Morgan fingerprint density at radius 2 is 1.89 bits per heavy atom. The average Bonchev–Trinajstić information content (AvgIpc) is 3.43. The van der Waals surface area contributed by atoms with E-state index in [1.165, 1.54) is 24.1 Å². The third kappa shape index (κ3) is 4.03. The van der Waals surface area contributed by atoms with E-state index in [-0.39, 0.29) is 23.7 Å². The normalized spacial score (nSPS) is 15.8. The van der Waals surface area contributed by atoms with Crippen molar-refractivity contribution in [2.24, 2.45) is 0 Å². The lowest BCUT2D eigenvalue weighted by molar-refractivity contribution is -0.129. The van der Waals surface area contributed by atoms with Crippen molar-refractivity contribution in [2.45, 2.75) is 12.5 Å². The number of para-hydroxylation sites is 1. The summed E-state index contributed by atoms with van der Waals surface area (Å²) in [6, 6.07) is 15.4. The van der Waals surface area contributed by atoms with Gasteiger partial charge >= 0.3 is 0 Å². The molecular weight excluding hydrogens is 451 g/mol. The van der Waals surface area contributed by atoms with Gasteiger partial charge in [0.25, 0.3) is 5.91 Å². The zero-order valence-electron chi connectivity index (χ0n) is 18.8. The van der Waals surface area contributed by atoms with Crippen molar-refractivity contribution < 1.29 is 28.2 Å². The third-order valence-electron chi connectivity index (χ3n) is 6.08. The lowest BCUT2D eigenvalue weighted by Gasteiger charge is -2.26. The van der Waals surface area contributed by atoms with E-state index in [1.807, 2.05) is 0 Å². The molecule has 0 saturated heterocycles. The van der Waals surface area contributed by atoms with Crippen LogP contribution in [-0.4, -0.2) is 40.3 Å². The number of ketones is 1. The molecule has 0 fully saturated rings. The van der Waals surface area contributed by atoms with E-state index >= 15 is 0 Å². The van der Waals surface area contributed by atoms with Gasteiger partial charge in [-0.3, -0.25) is 14.6 Å². The molecule has 1 aliphatic heterocycles. The summed E-state index contributed by atoms with van der Waals surface area (Å²) in [7, 11) is 1.50. The van der Waals surface area contributed by atoms with E-state index < -0.39 is 23.5 Å². The fourth-order valence-corrected chi connectivity index (χ4v) is 4.35. The molecule has 1 aliphatic rings. The van der Waals surface area contributed by atoms with Gasteiger partial charge in [-0.25, -0.2) is 4.39 Å². The Kier molecular flexibility index (Phi) is 5.78. The molecule has 0 aliphatic carbocycles. The molecule has 1 amide bonds. The van der Waals surface area contributed by atoms with Gasteiger partial charge in [-0.1, -0.05) is 24.3 Å². The Bertz CT molecular complexity index is 1440. The number of methoxy groups -OCH3 is 1. The number of amides is 1. The highest BCUT2D eigenvalue weighted by molar-refractivity contribution is 6.16. The molecule has 176 valence electrons. The first kappa shape index (κ1) is 22.3. The van der Waals surface area contributed by atoms with Crippen LogP contribution in [0.1, 0.15) is 27.7 Å². The van der Waals surface area contributed by atoms with E-state index in [9.17, 15) is 19.1 Å². The van der Waals surface area contributed by atoms with Gasteiger partial charge in [0.1, 0.15) is 5.82 Å². The van der Waals surface area contributed by atoms with Crippen LogP contribution in [0.4, 0.5) is 4.39 Å². The van der Waals surface area contributed by atoms with E-state index in [1.54, 1.807) is 60.9 Å². The van der Waals surface area contributed by atoms with Crippen molar-refractivity contribution in [2.75, 3.05) is 13.7 Å². The van der Waals surface area contributed by atoms with E-state index in [0.717, 1.165) is 5.56 Å². The Hall–Kier alpha value is -4.46. The van der Waals surface area contributed by atoms with Gasteiger partial charge in [0, 0.05) is 24.3 Å². The summed E-state index contributed by atoms with van der Waals surface area (Å²) in [6.45, 7) is 0.201. The van der Waals surface area contributed by atoms with Crippen LogP contribution in [-0.2, 0) is 11.2 Å². The van der Waals surface area contributed by atoms with Crippen LogP contribution < -0.4 is 4.74 Å². The van der Waals surface area contributed by atoms with Crippen LogP contribution in [0.5, 0.6) is 5.75 Å². The van der Waals surface area contributed by atoms with Gasteiger partial charge in [0.2, 0.25) is 5.78 Å². The molecule has 8 heteroatoms. The predicted molar refractivity (Wildman–Crippen MR) is 126 cm³/mol. The summed E-state index contributed by atoms with van der Waals surface area (Å²) < 4.78 is 24.4. The fourth-order valence-electron chi connectivity index (χ4n) is 4.35. The number of aliphatic hydroxyl groups is 1. The fraction of sp³-hybridized carbons (Fsp3) is 0.148. The number of benzene rings is 2. The summed E-state index contributed by atoms with van der Waals surface area (Å²) in [4.78, 5) is 32.2. The Morgan fingerprint density at radius 3 is 2.60 bits per heavy atom. The summed E-state index contributed by atoms with van der Waals surface area (Å²) in [5.74, 6) is -1.78. The maximum Gasteiger partial charge on any atom is 0.290 e. The second-order valence-corrected chi connectivity index (χ2v) is 8.14. The minimum Gasteiger partial charge on any atom is -0.503 e. The summed E-state index contributed by atoms with van der Waals surface area (Å²) in [5, 5.41) is 11.5. The van der Waals surface area contributed by atoms with Crippen LogP contribution >= 0.6 is 0 Å². The number of furan rings is 1. The molecule has 3 heterocycles. The van der Waals surface area contributed by atoms with Crippen molar-refractivity contribution in [3.63, 3.8) is 0 Å². The second-order valence-electron chi connectivity index (χ2n) is 8.14. The van der Waals surface area contributed by atoms with Gasteiger partial charge in [0.05, 0.1) is 18.7 Å². The minimum atomic E-state index is -0.839. The minimum absolute atomic E-state index is 0.0155. The number of aromatic nitrogens is 1. The second kappa shape index (κ2) is 9.06. The highest BCUT2D eigenvalue weighted by Crippen LogP contribution is 2.40. The number of halogens is 1. The van der Waals surface area contributed by atoms with Crippen LogP contribution in [0.3, 0.4) is 0 Å². The number of hydrogen-bond donors (Lipinski definition) is 1. The van der Waals surface area contributed by atoms with Crippen molar-refractivity contribution in [3.8, 4) is 5.75 Å². The van der Waals surface area contributed by atoms with E-state index in [4.69, 9.17) is 9.15 Å². The number of rotatable bonds is 7. The molecule has 0 radical (unpaired) electrons. The smallest absolute Gasteiger partial charge is 0.290 e. The first-order chi connectivity index (χ1) is 17.0. The molecule has 1 N–H and O–H groups in total. The maximum absolute atomic E-state index is 13.6. The Labute approximate surface area is 200 Å². The molecule has 35 heavy (non-hydrogen) atoms. The third-order valence-corrected chi connectivity index (χ3v) is 6.08. The quantitative estimate of drug-likeness (QED) is 0.389. The molecular formula is C27H21FN2O5. The molecule has 0 bridgehead atoms. The highest BCUT2D eigenvalue weighted by Gasteiger charge is 2.44. The standard InChI is InChI=1S/C27H21FN2O5/c1-34-20-4-2-3-18-15-21(35-26(18)20)24(31)22-23(17-9-12-29-13-10-17)30(27(33)25(22)32)14-11-16-5-7-19(28)8-6-16/h2-10,12-13,15,23,32H,11,14H2,1H3. The van der Waals surface area contributed by atoms with Gasteiger partial charge in [-0.05, 0) is 53.9 Å². The molecule has 0 spiro atoms. The SMILES string of the molecule is COc1cccc2cc(C(=O)C3=C(O)C(=O)N(CCc4ccc(F)cc4)C3c3ccncc3)oc12. The number of nitrogens with zero attached hydrogens (tertiary/aromatic N) is 2. The van der Waals surface area contributed by atoms with Crippen molar-refractivity contribution >= 4 is 22.7 Å². The number of ether oxygens (including phenoxy) is 1. The molecule has 7 nitrogen and oxygen atoms in total. The van der Waals surface area contributed by atoms with Crippen molar-refractivity contribution in [1.82, 2.24) is 9.88 Å². The molecule has 4 aromatic rings. The van der Waals surface area contributed by atoms with Crippen LogP contribution in [0.15, 0.2) is 88.8 Å². The number of carbonyl (C=O) groups excluding carboxylic acids is 2. The number of hydrogen-bond acceptors (Lipinski definition) is 6. The monoisotopic (exact) mass is 472 g/mol. The zero-order valence-corrected chi connectivity index (χ0v) is 18.8. The van der Waals surface area contributed by atoms with E-state index in [2.05, 4.69) is 4.98 Å². The average molecular weight is 472 g/mol. The summed E-state index contributed by atoms with van der Waals surface area (Å²) >= 11 is 0. The van der Waals surface area contributed by atoms with Crippen LogP contribution in [0.25, 0.3) is 11.0 Å². The molecule has 2 aromatic heterocycles. The summed E-state index contributed by atoms with van der Waals surface area (Å²) in [5.41, 5.74) is 1.76. The molecule has 2 aromatic carbocycles. The van der Waals surface area contributed by atoms with Gasteiger partial charge in [-0.15, -0.1) is 0 Å². The first-order valence-electron chi connectivity index (χ1n) is 11.0. The van der Waals surface area contributed by atoms with Gasteiger partial charge in [-0.2, -0.15) is 0 Å². The highest BCUT2D eigenvalue weighted by atomic mass is 19.1. The van der Waals surface area contributed by atoms with Crippen LogP contribution in [0, 0.1) is 5.82 Å². The largest absolute Gasteiger partial charge is 0.503 e. The van der Waals surface area contributed by atoms with Crippen molar-refractivity contribution in [3.05, 3.63) is 107 Å². The van der Waals surface area contributed by atoms with Gasteiger partial charge < -0.3 is 19.2 Å². The maximum atomic E-state index is 13.6. The first-order valence-corrected chi connectivity index (χ1v) is 11.0. The number of pyridine rings is 1. The Morgan fingerprint density at radius 1 is 1.14 bits per heavy atom. The number of aliphatic hydroxyl groups excluding tert-OH is 1. The topological polar surface area (TPSA) is 92.9 Å². The Balaban J connectivity index is 1.52. The predicted octanol–water partition coefficient (Wildman–Crippen LogP) is 4.80. The summed E-state index contributed by atoms with van der Waals surface area (Å²) in [6.07, 6.45) is 3.52. The van der Waals surface area contributed by atoms with Gasteiger partial charge in [0.15, 0.2) is 22.9 Å². The molecule has 0 saturated carbocycles. The number of carbonyl (C=O) groups is 2.